The second kappa shape index (κ2) is 28.7. The molecule has 0 heterocycles. The predicted molar refractivity (Wildman–Crippen MR) is 13.4 cm³/mol. The fraction of sp³-hybridized carbons (Fsp3) is 1.00. The van der Waals surface area contributed by atoms with Crippen LogP contribution in [0.4, 0.5) is 0 Å². The van der Waals surface area contributed by atoms with Crippen LogP contribution in [0.3, 0.4) is 0 Å². The van der Waals surface area contributed by atoms with E-state index in [1.807, 2.05) is 0 Å². The fourth-order valence-electron chi connectivity index (χ4n) is 0. The zero-order valence-corrected chi connectivity index (χ0v) is 3.87. The summed E-state index contributed by atoms with van der Waals surface area (Å²) in [6.45, 7) is 1.93. The standard InChI is InChI=1S/C2H6O.Ni.O/c1-2-3;;/h3H,2H2,1H3;;. The summed E-state index contributed by atoms with van der Waals surface area (Å²) < 4.78 is 7.88. The van der Waals surface area contributed by atoms with Gasteiger partial charge in [0.05, 0.1) is 0 Å². The Hall–Kier alpha value is 0.254. The van der Waals surface area contributed by atoms with Crippen LogP contribution in [0.5, 0.6) is 0 Å². The number of hydrogen-bond donors (Lipinski definition) is 1. The normalized spacial score (nSPS) is 4.80. The summed E-state index contributed by atoms with van der Waals surface area (Å²) in [5.74, 6) is 0. The molecule has 3 heteroatoms. The van der Waals surface area contributed by atoms with Crippen LogP contribution in [-0.4, -0.2) is 11.7 Å². The Kier molecular flexibility index (Phi) is 51.5. The molecule has 5 heavy (non-hydrogen) atoms. The van der Waals surface area contributed by atoms with Gasteiger partial charge in [-0.3, -0.25) is 0 Å². The zero-order valence-electron chi connectivity index (χ0n) is 2.88. The molecule has 0 aromatic rings. The zero-order chi connectivity index (χ0) is 4.71. The SMILES string of the molecule is CCO.[O]=[Ni]. The first-order valence-corrected chi connectivity index (χ1v) is 1.56. The van der Waals surface area contributed by atoms with E-state index in [9.17, 15) is 0 Å². The molecule has 0 radical (unpaired) electrons. The fourth-order valence-corrected chi connectivity index (χ4v) is 0. The number of rotatable bonds is 0. The maximum absolute atomic E-state index is 7.88. The van der Waals surface area contributed by atoms with Crippen LogP contribution in [-0.2, 0) is 19.3 Å². The molecular weight excluding hydrogens is 115 g/mol. The summed E-state index contributed by atoms with van der Waals surface area (Å²) in [7, 11) is 0. The molecule has 0 aliphatic rings. The Morgan fingerprint density at radius 2 is 1.80 bits per heavy atom. The summed E-state index contributed by atoms with van der Waals surface area (Å²) >= 11 is 2.62. The van der Waals surface area contributed by atoms with E-state index >= 15 is 0 Å². The third kappa shape index (κ3) is 336. The van der Waals surface area contributed by atoms with Gasteiger partial charge in [-0.05, 0) is 6.92 Å². The van der Waals surface area contributed by atoms with Gasteiger partial charge < -0.3 is 5.11 Å². The van der Waals surface area contributed by atoms with Crippen molar-refractivity contribution in [1.29, 1.82) is 0 Å². The van der Waals surface area contributed by atoms with Crippen LogP contribution in [0.15, 0.2) is 0 Å². The van der Waals surface area contributed by atoms with E-state index in [4.69, 9.17) is 9.00 Å². The average molecular weight is 121 g/mol. The second-order valence-electron chi connectivity index (χ2n) is 0.316. The first-order chi connectivity index (χ1) is 2.41. The third-order valence-electron chi connectivity index (χ3n) is 0. The number of hydrogen-bond acceptors (Lipinski definition) is 2. The van der Waals surface area contributed by atoms with Crippen LogP contribution in [0.2, 0.25) is 0 Å². The molecule has 0 aliphatic carbocycles. The molecule has 0 fully saturated rings. The van der Waals surface area contributed by atoms with Gasteiger partial charge in [0.25, 0.3) is 0 Å². The van der Waals surface area contributed by atoms with Gasteiger partial charge in [-0.2, -0.15) is 0 Å². The minimum absolute atomic E-state index is 0.250. The van der Waals surface area contributed by atoms with Gasteiger partial charge in [-0.1, -0.05) is 0 Å². The summed E-state index contributed by atoms with van der Waals surface area (Å²) in [4.78, 5) is 0. The average Bonchev–Trinajstić information content (AvgIpc) is 1.46. The molecule has 0 atom stereocenters. The van der Waals surface area contributed by atoms with Gasteiger partial charge in [-0.15, -0.1) is 0 Å². The molecule has 0 rings (SSSR count). The Morgan fingerprint density at radius 1 is 1.80 bits per heavy atom. The van der Waals surface area contributed by atoms with E-state index in [0.717, 1.165) is 0 Å². The van der Waals surface area contributed by atoms with Crippen LogP contribution < -0.4 is 0 Å². The molecule has 36 valence electrons. The van der Waals surface area contributed by atoms with E-state index in [1.54, 1.807) is 6.92 Å². The molecule has 0 aliphatic heterocycles. The van der Waals surface area contributed by atoms with Crippen LogP contribution >= 0.6 is 0 Å². The molecule has 0 aromatic carbocycles. The van der Waals surface area contributed by atoms with Gasteiger partial charge in [0.15, 0.2) is 0 Å². The minimum atomic E-state index is 0.250. The van der Waals surface area contributed by atoms with E-state index in [0.29, 0.717) is 0 Å². The van der Waals surface area contributed by atoms with Gasteiger partial charge in [0, 0.05) is 6.61 Å². The van der Waals surface area contributed by atoms with Gasteiger partial charge in [0.2, 0.25) is 0 Å². The van der Waals surface area contributed by atoms with Crippen molar-refractivity contribution < 1.29 is 24.4 Å². The maximum atomic E-state index is 7.88. The molecule has 0 amide bonds. The van der Waals surface area contributed by atoms with Gasteiger partial charge >= 0.3 is 19.3 Å². The van der Waals surface area contributed by atoms with E-state index in [2.05, 4.69) is 15.4 Å². The molecule has 0 saturated carbocycles. The number of aliphatic hydroxyl groups is 1. The topological polar surface area (TPSA) is 37.3 Å². The van der Waals surface area contributed by atoms with Crippen molar-refractivity contribution >= 4 is 0 Å². The number of aliphatic hydroxyl groups excluding tert-OH is 1. The van der Waals surface area contributed by atoms with Crippen LogP contribution in [0, 0.1) is 0 Å². The van der Waals surface area contributed by atoms with Crippen molar-refractivity contribution in [2.45, 2.75) is 6.92 Å². The molecular formula is C2H6NiO2. The van der Waals surface area contributed by atoms with Gasteiger partial charge in [-0.25, -0.2) is 0 Å². The summed E-state index contributed by atoms with van der Waals surface area (Å²) in [6, 6.07) is 0. The van der Waals surface area contributed by atoms with Crippen LogP contribution in [0.25, 0.3) is 0 Å². The van der Waals surface area contributed by atoms with Crippen LogP contribution in [0.1, 0.15) is 6.92 Å². The molecule has 0 unspecified atom stereocenters. The summed E-state index contributed by atoms with van der Waals surface area (Å²) in [5.41, 5.74) is 0. The van der Waals surface area contributed by atoms with Crippen molar-refractivity contribution in [1.82, 2.24) is 0 Å². The third-order valence-corrected chi connectivity index (χ3v) is 0. The Bertz CT molecular complexity index is 11.6. The van der Waals surface area contributed by atoms with E-state index in [1.165, 1.54) is 0 Å². The molecule has 0 saturated heterocycles. The van der Waals surface area contributed by atoms with Crippen molar-refractivity contribution in [2.24, 2.45) is 0 Å². The quantitative estimate of drug-likeness (QED) is 0.453. The first kappa shape index (κ1) is 8.98. The Balaban J connectivity index is 0. The van der Waals surface area contributed by atoms with Crippen molar-refractivity contribution in [2.75, 3.05) is 6.61 Å². The Labute approximate surface area is 38.7 Å². The van der Waals surface area contributed by atoms with Crippen molar-refractivity contribution in [3.05, 3.63) is 0 Å². The van der Waals surface area contributed by atoms with E-state index in [-0.39, 0.29) is 6.61 Å². The van der Waals surface area contributed by atoms with Gasteiger partial charge in [0.1, 0.15) is 0 Å². The Morgan fingerprint density at radius 3 is 1.80 bits per heavy atom. The predicted octanol–water partition coefficient (Wildman–Crippen LogP) is -0.123. The van der Waals surface area contributed by atoms with Crippen molar-refractivity contribution in [3.8, 4) is 0 Å². The monoisotopic (exact) mass is 120 g/mol. The molecule has 0 spiro atoms. The molecule has 0 bridgehead atoms. The summed E-state index contributed by atoms with van der Waals surface area (Å²) in [6.07, 6.45) is 0. The molecule has 1 N–H and O–H groups in total. The second-order valence-corrected chi connectivity index (χ2v) is 0.316. The van der Waals surface area contributed by atoms with E-state index < -0.39 is 0 Å². The van der Waals surface area contributed by atoms with Crippen molar-refractivity contribution in [3.63, 3.8) is 0 Å². The molecule has 2 nitrogen and oxygen atoms in total. The summed E-state index contributed by atoms with van der Waals surface area (Å²) in [5, 5.41) is 7.57. The molecule has 0 aromatic heterocycles. The first-order valence-electron chi connectivity index (χ1n) is 1.15.